The molecule has 0 bridgehead atoms. The van der Waals surface area contributed by atoms with E-state index < -0.39 is 18.8 Å². The summed E-state index contributed by atoms with van der Waals surface area (Å²) < 4.78 is 10.6. The topological polar surface area (TPSA) is 9.23 Å². The summed E-state index contributed by atoms with van der Waals surface area (Å²) in [5.41, 5.74) is 0. The van der Waals surface area contributed by atoms with Crippen molar-refractivity contribution in [3.05, 3.63) is 0 Å². The van der Waals surface area contributed by atoms with Crippen LogP contribution in [0.2, 0.25) is 13.3 Å². The fraction of sp³-hybridized carbons (Fsp3) is 1.00. The zero-order valence-electron chi connectivity index (χ0n) is 12.1. The average Bonchev–Trinajstić information content (AvgIpc) is 2.37. The first-order chi connectivity index (χ1) is 8.24. The Morgan fingerprint density at radius 1 is 0.824 bits per heavy atom. The molecular weight excluding hydrogens is 338 g/mol. The Bertz CT molecular complexity index is 127. The molecule has 0 saturated heterocycles. The standard InChI is InChI=1S/3C4H9.C2H4ClO.Sn/c3*1-3-4-2;3-1-2-4;/h3*1,3-4H2,2H3;1-2H2;/q;;;-1;+1. The summed E-state index contributed by atoms with van der Waals surface area (Å²) in [7, 11) is 0. The van der Waals surface area contributed by atoms with Gasteiger partial charge in [-0.25, -0.2) is 0 Å². The van der Waals surface area contributed by atoms with Gasteiger partial charge in [0.2, 0.25) is 0 Å². The molecule has 0 N–H and O–H groups in total. The number of rotatable bonds is 12. The predicted octanol–water partition coefficient (Wildman–Crippen LogP) is 5.59. The van der Waals surface area contributed by atoms with Crippen molar-refractivity contribution in [1.82, 2.24) is 0 Å². The zero-order chi connectivity index (χ0) is 13.0. The van der Waals surface area contributed by atoms with Gasteiger partial charge in [-0.2, -0.15) is 0 Å². The Balaban J connectivity index is 4.39. The van der Waals surface area contributed by atoms with Crippen LogP contribution in [-0.2, 0) is 3.07 Å². The van der Waals surface area contributed by atoms with Crippen molar-refractivity contribution < 1.29 is 3.07 Å². The molecule has 0 aromatic rings. The van der Waals surface area contributed by atoms with Crippen LogP contribution in [0.25, 0.3) is 0 Å². The summed E-state index contributed by atoms with van der Waals surface area (Å²) in [5.74, 6) is 0.670. The van der Waals surface area contributed by atoms with E-state index in [2.05, 4.69) is 20.8 Å². The molecule has 17 heavy (non-hydrogen) atoms. The Labute approximate surface area is 118 Å². The molecular formula is C14H31ClOSn. The molecule has 0 spiro atoms. The predicted molar refractivity (Wildman–Crippen MR) is 81.6 cm³/mol. The third-order valence-electron chi connectivity index (χ3n) is 3.44. The summed E-state index contributed by atoms with van der Waals surface area (Å²) >= 11 is 3.54. The van der Waals surface area contributed by atoms with Gasteiger partial charge in [-0.1, -0.05) is 0 Å². The number of hydrogen-bond acceptors (Lipinski definition) is 1. The number of halogens is 1. The third-order valence-corrected chi connectivity index (χ3v) is 16.8. The monoisotopic (exact) mass is 370 g/mol. The molecule has 0 fully saturated rings. The minimum atomic E-state index is -2.28. The van der Waals surface area contributed by atoms with Crippen molar-refractivity contribution in [3.8, 4) is 0 Å². The van der Waals surface area contributed by atoms with Crippen LogP contribution in [0, 0.1) is 0 Å². The Morgan fingerprint density at radius 2 is 1.24 bits per heavy atom. The first-order valence-corrected chi connectivity index (χ1v) is 15.2. The van der Waals surface area contributed by atoms with Crippen molar-refractivity contribution >= 4 is 30.4 Å². The van der Waals surface area contributed by atoms with Crippen LogP contribution >= 0.6 is 11.6 Å². The Kier molecular flexibility index (Phi) is 12.8. The number of alkyl halides is 1. The first-order valence-electron chi connectivity index (χ1n) is 7.44. The SMILES string of the molecule is CCC[CH2][Sn]([CH2]CCC)([CH2]CCC)[O]CCCl. The molecule has 0 amide bonds. The van der Waals surface area contributed by atoms with Gasteiger partial charge < -0.3 is 0 Å². The molecule has 0 aromatic carbocycles. The van der Waals surface area contributed by atoms with E-state index >= 15 is 0 Å². The van der Waals surface area contributed by atoms with Gasteiger partial charge in [0.25, 0.3) is 0 Å². The van der Waals surface area contributed by atoms with Crippen molar-refractivity contribution in [1.29, 1.82) is 0 Å². The molecule has 104 valence electrons. The van der Waals surface area contributed by atoms with E-state index in [1.165, 1.54) is 51.8 Å². The number of hydrogen-bond donors (Lipinski definition) is 0. The second-order valence-corrected chi connectivity index (χ2v) is 17.3. The van der Waals surface area contributed by atoms with E-state index in [-0.39, 0.29) is 0 Å². The van der Waals surface area contributed by atoms with E-state index in [1.807, 2.05) is 0 Å². The van der Waals surface area contributed by atoms with Crippen LogP contribution in [0.1, 0.15) is 59.3 Å². The summed E-state index contributed by atoms with van der Waals surface area (Å²) in [5, 5.41) is 0. The Morgan fingerprint density at radius 3 is 1.53 bits per heavy atom. The summed E-state index contributed by atoms with van der Waals surface area (Å²) in [4.78, 5) is 0. The minimum absolute atomic E-state index is 0.670. The van der Waals surface area contributed by atoms with E-state index in [9.17, 15) is 0 Å². The van der Waals surface area contributed by atoms with Crippen LogP contribution in [0.3, 0.4) is 0 Å². The van der Waals surface area contributed by atoms with E-state index in [4.69, 9.17) is 14.7 Å². The van der Waals surface area contributed by atoms with E-state index in [0.717, 1.165) is 6.61 Å². The molecule has 0 heterocycles. The summed E-state index contributed by atoms with van der Waals surface area (Å²) in [6.45, 7) is 7.67. The second-order valence-electron chi connectivity index (χ2n) is 5.03. The molecule has 0 aliphatic rings. The molecule has 0 aliphatic carbocycles. The average molecular weight is 370 g/mol. The van der Waals surface area contributed by atoms with Gasteiger partial charge in [0, 0.05) is 0 Å². The molecule has 0 aliphatic heterocycles. The van der Waals surface area contributed by atoms with Gasteiger partial charge in [-0.3, -0.25) is 0 Å². The van der Waals surface area contributed by atoms with Crippen molar-refractivity contribution in [3.63, 3.8) is 0 Å². The van der Waals surface area contributed by atoms with Gasteiger partial charge >= 0.3 is 119 Å². The van der Waals surface area contributed by atoms with Crippen LogP contribution in [0.15, 0.2) is 0 Å². The van der Waals surface area contributed by atoms with Crippen LogP contribution < -0.4 is 0 Å². The quantitative estimate of drug-likeness (QED) is 0.322. The van der Waals surface area contributed by atoms with Gasteiger partial charge in [-0.15, -0.1) is 0 Å². The first kappa shape index (κ1) is 18.0. The van der Waals surface area contributed by atoms with Crippen LogP contribution in [-0.4, -0.2) is 31.3 Å². The molecule has 3 heteroatoms. The number of unbranched alkanes of at least 4 members (excludes halogenated alkanes) is 3. The molecule has 0 rings (SSSR count). The van der Waals surface area contributed by atoms with Gasteiger partial charge in [0.1, 0.15) is 0 Å². The van der Waals surface area contributed by atoms with E-state index in [1.54, 1.807) is 0 Å². The third kappa shape index (κ3) is 8.71. The normalized spacial score (nSPS) is 12.0. The van der Waals surface area contributed by atoms with Crippen LogP contribution in [0.5, 0.6) is 0 Å². The zero-order valence-corrected chi connectivity index (χ0v) is 15.7. The summed E-state index contributed by atoms with van der Waals surface area (Å²) in [6.07, 6.45) is 8.02. The molecule has 0 radical (unpaired) electrons. The second kappa shape index (κ2) is 12.1. The van der Waals surface area contributed by atoms with Crippen molar-refractivity contribution in [2.24, 2.45) is 0 Å². The van der Waals surface area contributed by atoms with Gasteiger partial charge in [0.05, 0.1) is 0 Å². The van der Waals surface area contributed by atoms with Crippen LogP contribution in [0.4, 0.5) is 0 Å². The van der Waals surface area contributed by atoms with Crippen molar-refractivity contribution in [2.45, 2.75) is 72.6 Å². The fourth-order valence-corrected chi connectivity index (χ4v) is 16.2. The molecule has 0 aromatic heterocycles. The molecule has 0 saturated carbocycles. The molecule has 1 nitrogen and oxygen atoms in total. The maximum atomic E-state index is 6.36. The van der Waals surface area contributed by atoms with Crippen molar-refractivity contribution in [2.75, 3.05) is 12.5 Å². The maximum absolute atomic E-state index is 6.36. The summed E-state index contributed by atoms with van der Waals surface area (Å²) in [6, 6.07) is 0. The molecule has 0 atom stereocenters. The van der Waals surface area contributed by atoms with Gasteiger partial charge in [0.15, 0.2) is 0 Å². The van der Waals surface area contributed by atoms with E-state index in [0.29, 0.717) is 5.88 Å². The Hall–Kier alpha value is 1.05. The fourth-order valence-electron chi connectivity index (χ4n) is 2.34. The van der Waals surface area contributed by atoms with Gasteiger partial charge in [-0.05, 0) is 0 Å². The molecule has 0 unspecified atom stereocenters.